The first-order valence-electron chi connectivity index (χ1n) is 4.37. The Morgan fingerprint density at radius 3 is 2.54 bits per heavy atom. The summed E-state index contributed by atoms with van der Waals surface area (Å²) in [7, 11) is 0. The van der Waals surface area contributed by atoms with Crippen LogP contribution in [0.4, 0.5) is 0 Å². The van der Waals surface area contributed by atoms with Crippen molar-refractivity contribution in [2.75, 3.05) is 6.54 Å². The molecule has 0 bridgehead atoms. The van der Waals surface area contributed by atoms with Gasteiger partial charge in [-0.2, -0.15) is 0 Å². The number of carbonyl (C=O) groups is 1. The van der Waals surface area contributed by atoms with Crippen LogP contribution >= 0.6 is 0 Å². The minimum atomic E-state index is 0.111. The molecule has 0 fully saturated rings. The molecule has 1 aliphatic rings. The summed E-state index contributed by atoms with van der Waals surface area (Å²) in [5.41, 5.74) is 2.41. The number of carbonyl (C=O) groups excluding carboxylic acids is 1. The van der Waals surface area contributed by atoms with E-state index in [0.717, 1.165) is 0 Å². The van der Waals surface area contributed by atoms with Crippen molar-refractivity contribution in [3.63, 3.8) is 0 Å². The number of rotatable bonds is 1. The zero-order valence-corrected chi connectivity index (χ0v) is 7.29. The molecule has 13 heavy (non-hydrogen) atoms. The highest BCUT2D eigenvalue weighted by molar-refractivity contribution is 5.85. The molecule has 1 heterocycles. The molecule has 0 spiro atoms. The Labute approximate surface area is 77.3 Å². The Hall–Kier alpha value is -1.57. The molecule has 0 aromatic heterocycles. The third-order valence-corrected chi connectivity index (χ3v) is 2.15. The number of nitrogens with one attached hydrogen (secondary N) is 1. The minimum absolute atomic E-state index is 0.111. The molecular weight excluding hydrogens is 162 g/mol. The summed E-state index contributed by atoms with van der Waals surface area (Å²) in [6, 6.07) is 10.1. The van der Waals surface area contributed by atoms with E-state index in [0.29, 0.717) is 13.0 Å². The Balaban J connectivity index is 2.23. The SMILES string of the molecule is O=C1CC=C(c2ccccc2)CN1. The van der Waals surface area contributed by atoms with E-state index in [4.69, 9.17) is 0 Å². The van der Waals surface area contributed by atoms with Gasteiger partial charge in [0.25, 0.3) is 0 Å². The summed E-state index contributed by atoms with van der Waals surface area (Å²) < 4.78 is 0. The quantitative estimate of drug-likeness (QED) is 0.686. The molecule has 2 nitrogen and oxygen atoms in total. The first-order valence-corrected chi connectivity index (χ1v) is 4.37. The zero-order chi connectivity index (χ0) is 9.10. The van der Waals surface area contributed by atoms with Crippen molar-refractivity contribution in [2.45, 2.75) is 6.42 Å². The van der Waals surface area contributed by atoms with Gasteiger partial charge in [-0.25, -0.2) is 0 Å². The molecule has 1 aliphatic heterocycles. The molecule has 1 N–H and O–H groups in total. The molecule has 1 aromatic rings. The fourth-order valence-electron chi connectivity index (χ4n) is 1.43. The Bertz CT molecular complexity index is 340. The lowest BCUT2D eigenvalue weighted by Crippen LogP contribution is -2.27. The van der Waals surface area contributed by atoms with Crippen molar-refractivity contribution in [2.24, 2.45) is 0 Å². The second kappa shape index (κ2) is 3.44. The van der Waals surface area contributed by atoms with Gasteiger partial charge in [-0.05, 0) is 11.1 Å². The third-order valence-electron chi connectivity index (χ3n) is 2.15. The molecule has 0 saturated heterocycles. The molecule has 0 atom stereocenters. The number of benzene rings is 1. The summed E-state index contributed by atoms with van der Waals surface area (Å²) in [5, 5.41) is 2.82. The summed E-state index contributed by atoms with van der Waals surface area (Å²) >= 11 is 0. The normalized spacial score (nSPS) is 16.3. The predicted molar refractivity (Wildman–Crippen MR) is 52.0 cm³/mol. The van der Waals surface area contributed by atoms with Crippen molar-refractivity contribution in [3.8, 4) is 0 Å². The van der Waals surface area contributed by atoms with Gasteiger partial charge < -0.3 is 5.32 Å². The standard InChI is InChI=1S/C11H11NO/c13-11-7-6-10(8-12-11)9-4-2-1-3-5-9/h1-6H,7-8H2,(H,12,13). The fourth-order valence-corrected chi connectivity index (χ4v) is 1.43. The zero-order valence-electron chi connectivity index (χ0n) is 7.29. The molecule has 2 rings (SSSR count). The molecule has 0 aliphatic carbocycles. The van der Waals surface area contributed by atoms with Crippen LogP contribution in [0.1, 0.15) is 12.0 Å². The number of hydrogen-bond donors (Lipinski definition) is 1. The highest BCUT2D eigenvalue weighted by atomic mass is 16.1. The van der Waals surface area contributed by atoms with Gasteiger partial charge in [0.1, 0.15) is 0 Å². The first-order chi connectivity index (χ1) is 6.36. The van der Waals surface area contributed by atoms with Gasteiger partial charge in [0.05, 0.1) is 0 Å². The summed E-state index contributed by atoms with van der Waals surface area (Å²) in [6.45, 7) is 0.656. The minimum Gasteiger partial charge on any atom is -0.352 e. The van der Waals surface area contributed by atoms with E-state index >= 15 is 0 Å². The van der Waals surface area contributed by atoms with Gasteiger partial charge in [-0.15, -0.1) is 0 Å². The lowest BCUT2D eigenvalue weighted by atomic mass is 10.0. The van der Waals surface area contributed by atoms with E-state index in [2.05, 4.69) is 17.4 Å². The molecule has 2 heteroatoms. The van der Waals surface area contributed by atoms with E-state index in [-0.39, 0.29) is 5.91 Å². The largest absolute Gasteiger partial charge is 0.352 e. The van der Waals surface area contributed by atoms with E-state index < -0.39 is 0 Å². The van der Waals surface area contributed by atoms with Crippen LogP contribution in [0.15, 0.2) is 36.4 Å². The van der Waals surface area contributed by atoms with Gasteiger partial charge in [-0.3, -0.25) is 4.79 Å². The molecule has 0 radical (unpaired) electrons. The van der Waals surface area contributed by atoms with Gasteiger partial charge in [0.15, 0.2) is 0 Å². The number of hydrogen-bond acceptors (Lipinski definition) is 1. The number of amides is 1. The van der Waals surface area contributed by atoms with Gasteiger partial charge in [0.2, 0.25) is 5.91 Å². The average Bonchev–Trinajstić information content (AvgIpc) is 2.20. The maximum Gasteiger partial charge on any atom is 0.224 e. The Morgan fingerprint density at radius 1 is 1.15 bits per heavy atom. The van der Waals surface area contributed by atoms with Crippen LogP contribution in [0.2, 0.25) is 0 Å². The van der Waals surface area contributed by atoms with E-state index in [1.807, 2.05) is 24.3 Å². The monoisotopic (exact) mass is 173 g/mol. The lowest BCUT2D eigenvalue weighted by Gasteiger charge is -2.13. The fraction of sp³-hybridized carbons (Fsp3) is 0.182. The van der Waals surface area contributed by atoms with Crippen molar-refractivity contribution < 1.29 is 4.79 Å². The van der Waals surface area contributed by atoms with Crippen LogP contribution in [-0.4, -0.2) is 12.5 Å². The smallest absolute Gasteiger partial charge is 0.224 e. The topological polar surface area (TPSA) is 29.1 Å². The van der Waals surface area contributed by atoms with Crippen LogP contribution in [0.25, 0.3) is 5.57 Å². The maximum absolute atomic E-state index is 10.9. The summed E-state index contributed by atoms with van der Waals surface area (Å²) in [4.78, 5) is 10.9. The second-order valence-corrected chi connectivity index (χ2v) is 3.08. The molecule has 1 aromatic carbocycles. The first kappa shape index (κ1) is 8.05. The maximum atomic E-state index is 10.9. The third kappa shape index (κ3) is 1.78. The second-order valence-electron chi connectivity index (χ2n) is 3.08. The lowest BCUT2D eigenvalue weighted by molar-refractivity contribution is -0.120. The highest BCUT2D eigenvalue weighted by Gasteiger charge is 2.09. The summed E-state index contributed by atoms with van der Waals surface area (Å²) in [6.07, 6.45) is 2.50. The van der Waals surface area contributed by atoms with Crippen LogP contribution in [0.5, 0.6) is 0 Å². The molecule has 0 unspecified atom stereocenters. The van der Waals surface area contributed by atoms with Crippen molar-refractivity contribution in [1.29, 1.82) is 0 Å². The highest BCUT2D eigenvalue weighted by Crippen LogP contribution is 2.15. The van der Waals surface area contributed by atoms with Crippen LogP contribution < -0.4 is 5.32 Å². The van der Waals surface area contributed by atoms with E-state index in [1.54, 1.807) is 0 Å². The predicted octanol–water partition coefficient (Wildman–Crippen LogP) is 1.59. The van der Waals surface area contributed by atoms with Gasteiger partial charge in [0, 0.05) is 13.0 Å². The summed E-state index contributed by atoms with van der Waals surface area (Å²) in [5.74, 6) is 0.111. The van der Waals surface area contributed by atoms with Crippen molar-refractivity contribution in [1.82, 2.24) is 5.32 Å². The molecular formula is C11H11NO. The van der Waals surface area contributed by atoms with E-state index in [9.17, 15) is 4.79 Å². The van der Waals surface area contributed by atoms with Crippen LogP contribution in [0.3, 0.4) is 0 Å². The molecule has 0 saturated carbocycles. The molecule has 66 valence electrons. The van der Waals surface area contributed by atoms with Crippen LogP contribution in [-0.2, 0) is 4.79 Å². The average molecular weight is 173 g/mol. The van der Waals surface area contributed by atoms with Crippen LogP contribution in [0, 0.1) is 0 Å². The Morgan fingerprint density at radius 2 is 1.92 bits per heavy atom. The van der Waals surface area contributed by atoms with Gasteiger partial charge in [-0.1, -0.05) is 36.4 Å². The van der Waals surface area contributed by atoms with Crippen molar-refractivity contribution in [3.05, 3.63) is 42.0 Å². The Kier molecular flexibility index (Phi) is 2.13. The van der Waals surface area contributed by atoms with Crippen molar-refractivity contribution >= 4 is 11.5 Å². The van der Waals surface area contributed by atoms with E-state index in [1.165, 1.54) is 11.1 Å². The molecule has 1 amide bonds. The van der Waals surface area contributed by atoms with Gasteiger partial charge >= 0.3 is 0 Å².